The molecule has 1 spiro atoms. The molecule has 6 atom stereocenters. The van der Waals surface area contributed by atoms with Gasteiger partial charge in [-0.2, -0.15) is 0 Å². The van der Waals surface area contributed by atoms with Crippen LogP contribution in [0.3, 0.4) is 0 Å². The van der Waals surface area contributed by atoms with Gasteiger partial charge < -0.3 is 33.3 Å². The van der Waals surface area contributed by atoms with Gasteiger partial charge in [0.15, 0.2) is 17.9 Å². The van der Waals surface area contributed by atoms with Crippen LogP contribution in [-0.4, -0.2) is 89.7 Å². The number of fused-ring (bicyclic) bond motifs is 2. The SMILES string of the molecule is COC(=O)CN1C(=O)[C@@H](N(Cc2ccccc2)Cc2ccccc2)C12[C@@H]([C@H]1COC(C)(C)O1)O[C@@H]1OC(C)(C)O[C@@H]12. The normalized spacial score (nSPS) is 33.3. The van der Waals surface area contributed by atoms with E-state index in [1.165, 1.54) is 7.11 Å². The maximum Gasteiger partial charge on any atom is 0.325 e. The van der Waals surface area contributed by atoms with E-state index in [1.54, 1.807) is 4.90 Å². The van der Waals surface area contributed by atoms with Crippen molar-refractivity contribution >= 4 is 11.9 Å². The van der Waals surface area contributed by atoms with E-state index in [-0.39, 0.29) is 19.1 Å². The summed E-state index contributed by atoms with van der Waals surface area (Å²) < 4.78 is 36.7. The van der Waals surface area contributed by atoms with Crippen molar-refractivity contribution in [2.24, 2.45) is 0 Å². The number of benzene rings is 2. The molecule has 0 aliphatic carbocycles. The van der Waals surface area contributed by atoms with Crippen molar-refractivity contribution in [2.75, 3.05) is 20.3 Å². The van der Waals surface area contributed by atoms with Crippen LogP contribution in [0.1, 0.15) is 38.8 Å². The number of amides is 1. The van der Waals surface area contributed by atoms with Crippen LogP contribution < -0.4 is 0 Å². The number of carbonyl (C=O) groups excluding carboxylic acids is 2. The van der Waals surface area contributed by atoms with Gasteiger partial charge in [0.25, 0.3) is 0 Å². The Labute approximate surface area is 240 Å². The first-order valence-electron chi connectivity index (χ1n) is 14.1. The molecule has 4 saturated heterocycles. The van der Waals surface area contributed by atoms with Crippen LogP contribution in [0.25, 0.3) is 0 Å². The lowest BCUT2D eigenvalue weighted by atomic mass is 9.68. The fourth-order valence-electron chi connectivity index (χ4n) is 6.78. The number of nitrogens with zero attached hydrogens (tertiary/aromatic N) is 2. The number of ether oxygens (including phenoxy) is 6. The lowest BCUT2D eigenvalue weighted by Crippen LogP contribution is -2.86. The van der Waals surface area contributed by atoms with Gasteiger partial charge in [0.2, 0.25) is 5.91 Å². The smallest absolute Gasteiger partial charge is 0.325 e. The van der Waals surface area contributed by atoms with Crippen molar-refractivity contribution in [1.82, 2.24) is 9.80 Å². The quantitative estimate of drug-likeness (QED) is 0.353. The van der Waals surface area contributed by atoms with Crippen molar-refractivity contribution in [1.29, 1.82) is 0 Å². The molecule has 41 heavy (non-hydrogen) atoms. The highest BCUT2D eigenvalue weighted by molar-refractivity contribution is 5.95. The Morgan fingerprint density at radius 1 is 0.902 bits per heavy atom. The van der Waals surface area contributed by atoms with Crippen LogP contribution in [0.2, 0.25) is 0 Å². The molecule has 4 fully saturated rings. The number of esters is 1. The number of hydrogen-bond acceptors (Lipinski definition) is 9. The number of likely N-dealkylation sites (tertiary alicyclic amines) is 1. The largest absolute Gasteiger partial charge is 0.468 e. The second-order valence-electron chi connectivity index (χ2n) is 12.0. The van der Waals surface area contributed by atoms with Gasteiger partial charge in [-0.05, 0) is 38.8 Å². The molecule has 0 N–H and O–H groups in total. The second-order valence-corrected chi connectivity index (χ2v) is 12.0. The summed E-state index contributed by atoms with van der Waals surface area (Å²) in [4.78, 5) is 30.7. The van der Waals surface area contributed by atoms with Gasteiger partial charge in [-0.25, -0.2) is 0 Å². The molecule has 6 rings (SSSR count). The standard InChI is InChI=1S/C31H38N2O8/c1-29(2)37-19-22(39-29)25-31(26-28(38-25)41-30(3,4)40-26)24(27(35)33(31)18-23(34)36-5)32(16-20-12-8-6-9-13-20)17-21-14-10-7-11-15-21/h6-15,22,24-26,28H,16-19H2,1-5H3/t22-,24-,25-,26+,28-,31?/m1/s1. The van der Waals surface area contributed by atoms with Crippen LogP contribution in [0.4, 0.5) is 0 Å². The number of carbonyl (C=O) groups is 2. The predicted molar refractivity (Wildman–Crippen MR) is 146 cm³/mol. The average molecular weight is 567 g/mol. The molecule has 2 aromatic rings. The number of methoxy groups -OCH3 is 1. The summed E-state index contributed by atoms with van der Waals surface area (Å²) in [5.74, 6) is -2.53. The van der Waals surface area contributed by atoms with Crippen molar-refractivity contribution in [3.63, 3.8) is 0 Å². The lowest BCUT2D eigenvalue weighted by Gasteiger charge is -2.62. The van der Waals surface area contributed by atoms with E-state index < -0.39 is 53.7 Å². The maximum absolute atomic E-state index is 14.3. The Morgan fingerprint density at radius 2 is 1.51 bits per heavy atom. The van der Waals surface area contributed by atoms with Gasteiger partial charge in [-0.3, -0.25) is 14.5 Å². The Bertz CT molecular complexity index is 1230. The summed E-state index contributed by atoms with van der Waals surface area (Å²) >= 11 is 0. The molecule has 4 heterocycles. The monoisotopic (exact) mass is 566 g/mol. The second kappa shape index (κ2) is 10.4. The zero-order valence-electron chi connectivity index (χ0n) is 24.1. The van der Waals surface area contributed by atoms with Crippen LogP contribution in [-0.2, 0) is 51.1 Å². The minimum absolute atomic E-state index is 0.206. The van der Waals surface area contributed by atoms with E-state index in [0.29, 0.717) is 13.1 Å². The molecule has 10 heteroatoms. The molecule has 4 aliphatic rings. The van der Waals surface area contributed by atoms with E-state index in [1.807, 2.05) is 88.4 Å². The lowest BCUT2D eigenvalue weighted by molar-refractivity contribution is -0.259. The molecule has 2 aromatic carbocycles. The highest BCUT2D eigenvalue weighted by atomic mass is 16.8. The molecular weight excluding hydrogens is 528 g/mol. The van der Waals surface area contributed by atoms with E-state index in [9.17, 15) is 9.59 Å². The van der Waals surface area contributed by atoms with Crippen molar-refractivity contribution in [2.45, 2.75) is 88.5 Å². The summed E-state index contributed by atoms with van der Waals surface area (Å²) in [5.41, 5.74) is 0.979. The Kier molecular flexibility index (Phi) is 7.20. The fourth-order valence-corrected chi connectivity index (χ4v) is 6.78. The zero-order chi connectivity index (χ0) is 29.0. The maximum atomic E-state index is 14.3. The Balaban J connectivity index is 1.47. The van der Waals surface area contributed by atoms with Gasteiger partial charge in [-0.1, -0.05) is 60.7 Å². The number of β-lactam (4-membered cyclic amide) rings is 1. The molecular formula is C31H38N2O8. The minimum Gasteiger partial charge on any atom is -0.468 e. The third-order valence-electron chi connectivity index (χ3n) is 8.36. The Hall–Kier alpha value is -2.86. The van der Waals surface area contributed by atoms with Crippen molar-refractivity contribution in [3.05, 3.63) is 71.8 Å². The van der Waals surface area contributed by atoms with Gasteiger partial charge in [0, 0.05) is 13.1 Å². The molecule has 4 aliphatic heterocycles. The van der Waals surface area contributed by atoms with Gasteiger partial charge in [0.1, 0.15) is 36.4 Å². The van der Waals surface area contributed by atoms with Gasteiger partial charge in [-0.15, -0.1) is 0 Å². The molecule has 220 valence electrons. The van der Waals surface area contributed by atoms with Crippen molar-refractivity contribution < 1.29 is 38.0 Å². The predicted octanol–water partition coefficient (Wildman–Crippen LogP) is 2.84. The summed E-state index contributed by atoms with van der Waals surface area (Å²) in [6.45, 7) is 8.32. The highest BCUT2D eigenvalue weighted by Gasteiger charge is 2.79. The molecule has 0 saturated carbocycles. The average Bonchev–Trinajstić information content (AvgIpc) is 3.56. The first-order chi connectivity index (χ1) is 19.5. The third-order valence-corrected chi connectivity index (χ3v) is 8.36. The molecule has 0 bridgehead atoms. The minimum atomic E-state index is -1.12. The van der Waals surface area contributed by atoms with Crippen LogP contribution >= 0.6 is 0 Å². The molecule has 1 amide bonds. The van der Waals surface area contributed by atoms with E-state index in [0.717, 1.165) is 11.1 Å². The number of rotatable bonds is 8. The summed E-state index contributed by atoms with van der Waals surface area (Å²) in [7, 11) is 1.31. The topological polar surface area (TPSA) is 96.0 Å². The number of hydrogen-bond donors (Lipinski definition) is 0. The Morgan fingerprint density at radius 3 is 2.05 bits per heavy atom. The van der Waals surface area contributed by atoms with E-state index in [4.69, 9.17) is 28.4 Å². The van der Waals surface area contributed by atoms with Crippen LogP contribution in [0.15, 0.2) is 60.7 Å². The first-order valence-corrected chi connectivity index (χ1v) is 14.1. The van der Waals surface area contributed by atoms with E-state index in [2.05, 4.69) is 4.90 Å². The highest BCUT2D eigenvalue weighted by Crippen LogP contribution is 2.56. The van der Waals surface area contributed by atoms with Crippen LogP contribution in [0, 0.1) is 0 Å². The van der Waals surface area contributed by atoms with Crippen LogP contribution in [0.5, 0.6) is 0 Å². The molecule has 0 aromatic heterocycles. The van der Waals surface area contributed by atoms with Gasteiger partial charge >= 0.3 is 5.97 Å². The third kappa shape index (κ3) is 4.96. The first kappa shape index (κ1) is 28.3. The summed E-state index contributed by atoms with van der Waals surface area (Å²) in [6, 6.07) is 19.3. The van der Waals surface area contributed by atoms with Crippen molar-refractivity contribution in [3.8, 4) is 0 Å². The molecule has 10 nitrogen and oxygen atoms in total. The summed E-state index contributed by atoms with van der Waals surface area (Å²) in [5, 5.41) is 0. The molecule has 0 radical (unpaired) electrons. The van der Waals surface area contributed by atoms with Gasteiger partial charge in [0.05, 0.1) is 13.7 Å². The fraction of sp³-hybridized carbons (Fsp3) is 0.548. The molecule has 1 unspecified atom stereocenters. The summed E-state index contributed by atoms with van der Waals surface area (Å²) in [6.07, 6.45) is -2.68. The van der Waals surface area contributed by atoms with E-state index >= 15 is 0 Å². The zero-order valence-corrected chi connectivity index (χ0v) is 24.1.